The molecule has 0 fully saturated rings. The minimum absolute atomic E-state index is 0.143. The molecule has 1 atom stereocenters. The van der Waals surface area contributed by atoms with Gasteiger partial charge in [0.05, 0.1) is 16.5 Å². The Morgan fingerprint density at radius 1 is 1.13 bits per heavy atom. The molecule has 162 valence electrons. The van der Waals surface area contributed by atoms with Crippen LogP contribution in [0.1, 0.15) is 18.1 Å². The predicted octanol–water partition coefficient (Wildman–Crippen LogP) is 2.46. The number of rotatable bonds is 7. The van der Waals surface area contributed by atoms with Crippen LogP contribution in [-0.2, 0) is 27.4 Å². The Kier molecular flexibility index (Phi) is 6.22. The maximum atomic E-state index is 13.1. The summed E-state index contributed by atoms with van der Waals surface area (Å²) in [5, 5.41) is 2.56. The van der Waals surface area contributed by atoms with E-state index in [1.54, 1.807) is 18.2 Å². The molecule has 2 aromatic rings. The molecule has 3 rings (SSSR count). The number of halogens is 3. The molecule has 1 aliphatic rings. The molecule has 0 aromatic heterocycles. The number of fused-ring (bicyclic) bond motifs is 1. The molecular weight excluding hydrogens is 425 g/mol. The number of hydrogen-bond donors (Lipinski definition) is 2. The van der Waals surface area contributed by atoms with Crippen LogP contribution in [0.2, 0.25) is 0 Å². The average molecular weight is 444 g/mol. The van der Waals surface area contributed by atoms with Crippen LogP contribution < -0.4 is 19.5 Å². The lowest BCUT2D eigenvalue weighted by Gasteiger charge is -2.17. The van der Waals surface area contributed by atoms with Gasteiger partial charge in [-0.05, 0) is 43.2 Å². The quantitative estimate of drug-likeness (QED) is 0.684. The van der Waals surface area contributed by atoms with E-state index in [2.05, 4.69) is 5.32 Å². The fraction of sp³-hybridized carbons (Fsp3) is 0.316. The van der Waals surface area contributed by atoms with Gasteiger partial charge in [0.15, 0.2) is 11.5 Å². The molecule has 0 saturated heterocycles. The van der Waals surface area contributed by atoms with Crippen LogP contribution in [0.3, 0.4) is 0 Å². The first kappa shape index (κ1) is 21.9. The summed E-state index contributed by atoms with van der Waals surface area (Å²) in [5.41, 5.74) is -0.431. The van der Waals surface area contributed by atoms with Crippen molar-refractivity contribution in [2.24, 2.45) is 0 Å². The summed E-state index contributed by atoms with van der Waals surface area (Å²) in [6.07, 6.45) is -4.40. The molecule has 1 heterocycles. The van der Waals surface area contributed by atoms with Gasteiger partial charge in [-0.15, -0.1) is 0 Å². The van der Waals surface area contributed by atoms with Crippen molar-refractivity contribution in [3.63, 3.8) is 0 Å². The minimum atomic E-state index is -4.85. The Morgan fingerprint density at radius 3 is 2.57 bits per heavy atom. The zero-order valence-corrected chi connectivity index (χ0v) is 16.6. The smallest absolute Gasteiger partial charge is 0.417 e. The molecular formula is C19H19F3N2O5S. The van der Waals surface area contributed by atoms with Crippen molar-refractivity contribution in [3.8, 4) is 11.5 Å². The highest BCUT2D eigenvalue weighted by Gasteiger charge is 2.37. The maximum absolute atomic E-state index is 13.1. The van der Waals surface area contributed by atoms with Crippen LogP contribution in [0, 0.1) is 0 Å². The monoisotopic (exact) mass is 444 g/mol. The lowest BCUT2D eigenvalue weighted by Crippen LogP contribution is -2.45. The van der Waals surface area contributed by atoms with Crippen LogP contribution >= 0.6 is 0 Å². The number of nitrogens with one attached hydrogen (secondary N) is 2. The second kappa shape index (κ2) is 8.52. The van der Waals surface area contributed by atoms with Crippen molar-refractivity contribution in [1.82, 2.24) is 10.0 Å². The van der Waals surface area contributed by atoms with Crippen molar-refractivity contribution in [1.29, 1.82) is 0 Å². The zero-order valence-electron chi connectivity index (χ0n) is 15.8. The van der Waals surface area contributed by atoms with Crippen molar-refractivity contribution < 1.29 is 35.9 Å². The molecule has 2 aromatic carbocycles. The molecule has 11 heteroatoms. The molecule has 2 N–H and O–H groups in total. The van der Waals surface area contributed by atoms with Gasteiger partial charge < -0.3 is 14.8 Å². The van der Waals surface area contributed by atoms with E-state index in [0.717, 1.165) is 17.7 Å². The first-order chi connectivity index (χ1) is 14.1. The Labute approximate surface area is 171 Å². The lowest BCUT2D eigenvalue weighted by molar-refractivity contribution is -0.139. The van der Waals surface area contributed by atoms with E-state index in [0.29, 0.717) is 24.0 Å². The summed E-state index contributed by atoms with van der Waals surface area (Å²) in [5.74, 6) is 0.567. The Hall–Kier alpha value is -2.79. The van der Waals surface area contributed by atoms with Gasteiger partial charge in [-0.3, -0.25) is 4.79 Å². The second-order valence-electron chi connectivity index (χ2n) is 6.57. The fourth-order valence-electron chi connectivity index (χ4n) is 2.86. The van der Waals surface area contributed by atoms with E-state index >= 15 is 0 Å². The maximum Gasteiger partial charge on any atom is 0.417 e. The number of carbonyl (C=O) groups is 1. The zero-order chi connectivity index (χ0) is 21.9. The van der Waals surface area contributed by atoms with Gasteiger partial charge in [0.2, 0.25) is 22.7 Å². The number of sulfonamides is 1. The van der Waals surface area contributed by atoms with Crippen molar-refractivity contribution in [2.45, 2.75) is 30.5 Å². The summed E-state index contributed by atoms with van der Waals surface area (Å²) in [6.45, 7) is 1.60. The van der Waals surface area contributed by atoms with Gasteiger partial charge >= 0.3 is 6.18 Å². The first-order valence-corrected chi connectivity index (χ1v) is 10.4. The standard InChI is InChI=1S/C19H19F3N2O5S/c1-12(24-30(26,27)17-5-3-2-4-14(17)19(20,21)22)18(25)23-9-8-13-6-7-15-16(10-13)29-11-28-15/h2-7,10,12,24H,8-9,11H2,1H3,(H,23,25)/t12-/m1/s1. The number of ether oxygens (including phenoxy) is 2. The molecule has 1 amide bonds. The van der Waals surface area contributed by atoms with Gasteiger partial charge in [0.25, 0.3) is 0 Å². The van der Waals surface area contributed by atoms with Gasteiger partial charge in [0.1, 0.15) is 0 Å². The van der Waals surface area contributed by atoms with Crippen molar-refractivity contribution >= 4 is 15.9 Å². The van der Waals surface area contributed by atoms with E-state index in [-0.39, 0.29) is 13.3 Å². The second-order valence-corrected chi connectivity index (χ2v) is 8.25. The normalized spacial score (nSPS) is 14.4. The summed E-state index contributed by atoms with van der Waals surface area (Å²) >= 11 is 0. The molecule has 0 unspecified atom stereocenters. The summed E-state index contributed by atoms with van der Waals surface area (Å²) in [6, 6.07) is 7.84. The Morgan fingerprint density at radius 2 is 1.83 bits per heavy atom. The molecule has 30 heavy (non-hydrogen) atoms. The first-order valence-electron chi connectivity index (χ1n) is 8.93. The largest absolute Gasteiger partial charge is 0.454 e. The molecule has 0 radical (unpaired) electrons. The number of hydrogen-bond acceptors (Lipinski definition) is 5. The summed E-state index contributed by atoms with van der Waals surface area (Å²) in [7, 11) is -4.56. The number of carbonyl (C=O) groups excluding carboxylic acids is 1. The number of alkyl halides is 3. The third kappa shape index (κ3) is 5.03. The Bertz CT molecular complexity index is 1040. The van der Waals surface area contributed by atoms with E-state index < -0.39 is 38.6 Å². The molecule has 0 spiro atoms. The highest BCUT2D eigenvalue weighted by atomic mass is 32.2. The highest BCUT2D eigenvalue weighted by Crippen LogP contribution is 2.34. The van der Waals surface area contributed by atoms with E-state index in [1.165, 1.54) is 13.0 Å². The third-order valence-corrected chi connectivity index (χ3v) is 5.96. The topological polar surface area (TPSA) is 93.7 Å². The van der Waals surface area contributed by atoms with Crippen LogP contribution in [0.5, 0.6) is 11.5 Å². The van der Waals surface area contributed by atoms with Gasteiger partial charge in [-0.1, -0.05) is 18.2 Å². The van der Waals surface area contributed by atoms with Crippen molar-refractivity contribution in [3.05, 3.63) is 53.6 Å². The van der Waals surface area contributed by atoms with Gasteiger partial charge in [0, 0.05) is 6.54 Å². The van der Waals surface area contributed by atoms with E-state index in [4.69, 9.17) is 9.47 Å². The summed E-state index contributed by atoms with van der Waals surface area (Å²) in [4.78, 5) is 11.3. The van der Waals surface area contributed by atoms with Crippen LogP contribution in [-0.4, -0.2) is 33.7 Å². The van der Waals surface area contributed by atoms with Crippen LogP contribution in [0.25, 0.3) is 0 Å². The molecule has 7 nitrogen and oxygen atoms in total. The molecule has 0 aliphatic carbocycles. The van der Waals surface area contributed by atoms with E-state index in [1.807, 2.05) is 4.72 Å². The summed E-state index contributed by atoms with van der Waals surface area (Å²) < 4.78 is 76.6. The fourth-order valence-corrected chi connectivity index (χ4v) is 4.29. The predicted molar refractivity (Wildman–Crippen MR) is 101 cm³/mol. The SMILES string of the molecule is C[C@@H](NS(=O)(=O)c1ccccc1C(F)(F)F)C(=O)NCCc1ccc2c(c1)OCO2. The van der Waals surface area contributed by atoms with Gasteiger partial charge in [-0.2, -0.15) is 17.9 Å². The van der Waals surface area contributed by atoms with Crippen LogP contribution in [0.4, 0.5) is 13.2 Å². The van der Waals surface area contributed by atoms with E-state index in [9.17, 15) is 26.4 Å². The van der Waals surface area contributed by atoms with Crippen molar-refractivity contribution in [2.75, 3.05) is 13.3 Å². The minimum Gasteiger partial charge on any atom is -0.454 e. The lowest BCUT2D eigenvalue weighted by atomic mass is 10.1. The Balaban J connectivity index is 1.59. The number of amides is 1. The molecule has 1 aliphatic heterocycles. The van der Waals surface area contributed by atoms with Crippen LogP contribution in [0.15, 0.2) is 47.4 Å². The average Bonchev–Trinajstić information content (AvgIpc) is 3.14. The van der Waals surface area contributed by atoms with Gasteiger partial charge in [-0.25, -0.2) is 8.42 Å². The number of benzene rings is 2. The third-order valence-electron chi connectivity index (χ3n) is 4.36. The highest BCUT2D eigenvalue weighted by molar-refractivity contribution is 7.89. The molecule has 0 saturated carbocycles. The molecule has 0 bridgehead atoms.